The third kappa shape index (κ3) is 30.4. The highest BCUT2D eigenvalue weighted by Crippen LogP contribution is 2.37. The van der Waals surface area contributed by atoms with Gasteiger partial charge in [0.15, 0.2) is 0 Å². The normalized spacial score (nSPS) is 15.2. The molecule has 0 radical (unpaired) electrons. The second kappa shape index (κ2) is 21.8. The molecule has 0 bridgehead atoms. The Morgan fingerprint density at radius 3 is 0.865 bits per heavy atom. The van der Waals surface area contributed by atoms with Gasteiger partial charge in [-0.1, -0.05) is 187 Å². The van der Waals surface area contributed by atoms with Crippen molar-refractivity contribution in [2.24, 2.45) is 44.8 Å². The zero-order valence-corrected chi connectivity index (χ0v) is 27.5. The summed E-state index contributed by atoms with van der Waals surface area (Å²) in [5, 5.41) is 0. The zero-order valence-electron chi connectivity index (χ0n) is 27.5. The van der Waals surface area contributed by atoms with Gasteiger partial charge in [0.1, 0.15) is 0 Å². The highest BCUT2D eigenvalue weighted by atomic mass is 14.3. The fourth-order valence-electron chi connectivity index (χ4n) is 2.58. The Bertz CT molecular complexity index is 427. The first-order chi connectivity index (χ1) is 14.3. The van der Waals surface area contributed by atoms with E-state index in [1.165, 1.54) is 38.5 Å². The van der Waals surface area contributed by atoms with E-state index in [1.807, 2.05) is 0 Å². The second-order valence-corrected chi connectivity index (χ2v) is 16.4. The number of hydrogen-bond donors (Lipinski definition) is 0. The van der Waals surface area contributed by atoms with E-state index >= 15 is 0 Å². The van der Waals surface area contributed by atoms with Crippen LogP contribution >= 0.6 is 0 Å². The minimum atomic E-state index is 0. The van der Waals surface area contributed by atoms with Crippen LogP contribution in [0.3, 0.4) is 0 Å². The maximum atomic E-state index is 2.38. The number of rotatable bonds is 1. The quantitative estimate of drug-likeness (QED) is 0.315. The van der Waals surface area contributed by atoms with Gasteiger partial charge in [0.2, 0.25) is 0 Å². The monoisotopic (exact) mass is 533 g/mol. The van der Waals surface area contributed by atoms with E-state index in [-0.39, 0.29) is 29.7 Å². The van der Waals surface area contributed by atoms with Crippen LogP contribution in [0.2, 0.25) is 0 Å². The van der Waals surface area contributed by atoms with E-state index in [1.54, 1.807) is 0 Å². The van der Waals surface area contributed by atoms with E-state index in [2.05, 4.69) is 132 Å². The SMILES string of the molecule is C.C.C.C.CC(C)(C)C(C)(C)C.CC(C)(C)C1CCCCC1.CC(C)C(C)(C)C.CCC(C)C(C)(C)C. The van der Waals surface area contributed by atoms with E-state index in [9.17, 15) is 0 Å². The average Bonchev–Trinajstić information content (AvgIpc) is 2.59. The Hall–Kier alpha value is 0. The van der Waals surface area contributed by atoms with Gasteiger partial charge in [0, 0.05) is 0 Å². The predicted octanol–water partition coefficient (Wildman–Crippen LogP) is 15.0. The lowest BCUT2D eigenvalue weighted by Crippen LogP contribution is -2.25. The molecule has 1 atom stereocenters. The lowest BCUT2D eigenvalue weighted by molar-refractivity contribution is 0.157. The fraction of sp³-hybridized carbons (Fsp3) is 1.00. The van der Waals surface area contributed by atoms with Crippen molar-refractivity contribution in [1.82, 2.24) is 0 Å². The summed E-state index contributed by atoms with van der Waals surface area (Å²) in [6.45, 7) is 43.5. The molecule has 1 aliphatic carbocycles. The molecule has 1 unspecified atom stereocenters. The van der Waals surface area contributed by atoms with E-state index in [0.29, 0.717) is 27.1 Å². The molecule has 0 spiro atoms. The lowest BCUT2D eigenvalue weighted by Gasteiger charge is -2.34. The van der Waals surface area contributed by atoms with E-state index in [4.69, 9.17) is 0 Å². The van der Waals surface area contributed by atoms with Crippen LogP contribution in [-0.4, -0.2) is 0 Å². The zero-order chi connectivity index (χ0) is 27.5. The van der Waals surface area contributed by atoms with Crippen LogP contribution in [0.5, 0.6) is 0 Å². The predicted molar refractivity (Wildman–Crippen MR) is 185 cm³/mol. The van der Waals surface area contributed by atoms with Crippen LogP contribution in [0.15, 0.2) is 0 Å². The summed E-state index contributed by atoms with van der Waals surface area (Å²) in [5.41, 5.74) is 2.45. The van der Waals surface area contributed by atoms with Crippen LogP contribution in [0.4, 0.5) is 0 Å². The van der Waals surface area contributed by atoms with Crippen molar-refractivity contribution in [3.63, 3.8) is 0 Å². The van der Waals surface area contributed by atoms with Crippen LogP contribution in [-0.2, 0) is 0 Å². The molecule has 0 aromatic carbocycles. The fourth-order valence-corrected chi connectivity index (χ4v) is 2.58. The van der Waals surface area contributed by atoms with Gasteiger partial charge in [0.05, 0.1) is 0 Å². The maximum absolute atomic E-state index is 2.38. The van der Waals surface area contributed by atoms with Crippen molar-refractivity contribution in [3.05, 3.63) is 0 Å². The molecule has 0 N–H and O–H groups in total. The molecule has 0 aromatic rings. The Labute approximate surface area is 244 Å². The molecule has 0 heteroatoms. The largest absolute Gasteiger partial charge is 0.0776 e. The molecule has 0 aliphatic heterocycles. The van der Waals surface area contributed by atoms with Crippen LogP contribution in [0, 0.1) is 44.8 Å². The summed E-state index contributed by atoms with van der Waals surface area (Å²) in [6, 6.07) is 0. The molecule has 37 heavy (non-hydrogen) atoms. The average molecular weight is 533 g/mol. The minimum absolute atomic E-state index is 0. The van der Waals surface area contributed by atoms with Gasteiger partial charge in [-0.05, 0) is 57.7 Å². The Balaban J connectivity index is -0.0000000632. The first-order valence-electron chi connectivity index (χ1n) is 14.3. The van der Waals surface area contributed by atoms with Crippen molar-refractivity contribution in [1.29, 1.82) is 0 Å². The lowest BCUT2D eigenvalue weighted by atomic mass is 9.71. The summed E-state index contributed by atoms with van der Waals surface area (Å²) in [5.74, 6) is 2.65. The van der Waals surface area contributed by atoms with E-state index < -0.39 is 0 Å². The Morgan fingerprint density at radius 1 is 0.514 bits per heavy atom. The van der Waals surface area contributed by atoms with Gasteiger partial charge in [-0.2, -0.15) is 0 Å². The number of hydrogen-bond acceptors (Lipinski definition) is 0. The van der Waals surface area contributed by atoms with E-state index in [0.717, 1.165) is 17.8 Å². The summed E-state index contributed by atoms with van der Waals surface area (Å²) in [4.78, 5) is 0. The molecule has 1 rings (SSSR count). The van der Waals surface area contributed by atoms with Crippen molar-refractivity contribution in [2.75, 3.05) is 0 Å². The van der Waals surface area contributed by atoms with Crippen LogP contribution in [0.25, 0.3) is 0 Å². The standard InChI is InChI=1S/C10H20.2C8H18.C7H16.4CH4/c1-10(2,3)9-7-5-4-6-8-9;1-7(2,3)8(4,5)6;1-6-7(2)8(3,4)5;1-6(2)7(3,4)5;;;;/h9H,4-8H2,1-3H3;1-6H3;7H,6H2,1-5H3;6H,1-5H3;4*1H4. The summed E-state index contributed by atoms with van der Waals surface area (Å²) >= 11 is 0. The third-order valence-electron chi connectivity index (χ3n) is 8.90. The molecule has 1 aliphatic rings. The van der Waals surface area contributed by atoms with Gasteiger partial charge >= 0.3 is 0 Å². The smallest absolute Gasteiger partial charge is 0.0334 e. The molecule has 0 nitrogen and oxygen atoms in total. The second-order valence-electron chi connectivity index (χ2n) is 16.4. The summed E-state index contributed by atoms with van der Waals surface area (Å²) in [6.07, 6.45) is 8.67. The maximum Gasteiger partial charge on any atom is -0.0334 e. The Kier molecular flexibility index (Phi) is 31.4. The first kappa shape index (κ1) is 53.3. The molecule has 1 fully saturated rings. The molecule has 0 saturated heterocycles. The topological polar surface area (TPSA) is 0 Å². The van der Waals surface area contributed by atoms with Crippen LogP contribution < -0.4 is 0 Å². The molecule has 0 amide bonds. The molecular formula is C37H88. The molecule has 236 valence electrons. The van der Waals surface area contributed by atoms with Gasteiger partial charge in [-0.3, -0.25) is 0 Å². The van der Waals surface area contributed by atoms with Crippen molar-refractivity contribution >= 4 is 0 Å². The summed E-state index contributed by atoms with van der Waals surface area (Å²) in [7, 11) is 0. The van der Waals surface area contributed by atoms with Gasteiger partial charge in [0.25, 0.3) is 0 Å². The van der Waals surface area contributed by atoms with Gasteiger partial charge < -0.3 is 0 Å². The van der Waals surface area contributed by atoms with Gasteiger partial charge in [-0.15, -0.1) is 0 Å². The minimum Gasteiger partial charge on any atom is -0.0776 e. The van der Waals surface area contributed by atoms with Crippen molar-refractivity contribution < 1.29 is 0 Å². The molecule has 0 heterocycles. The van der Waals surface area contributed by atoms with Crippen LogP contribution in [0.1, 0.15) is 200 Å². The first-order valence-corrected chi connectivity index (χ1v) is 14.3. The molecule has 1 saturated carbocycles. The summed E-state index contributed by atoms with van der Waals surface area (Å²) < 4.78 is 0. The molecular weight excluding hydrogens is 444 g/mol. The van der Waals surface area contributed by atoms with Crippen molar-refractivity contribution in [3.8, 4) is 0 Å². The highest BCUT2D eigenvalue weighted by Gasteiger charge is 2.27. The van der Waals surface area contributed by atoms with Gasteiger partial charge in [-0.25, -0.2) is 0 Å². The third-order valence-corrected chi connectivity index (χ3v) is 8.90. The molecule has 0 aromatic heterocycles. The Morgan fingerprint density at radius 2 is 0.784 bits per heavy atom. The highest BCUT2D eigenvalue weighted by molar-refractivity contribution is 4.77. The van der Waals surface area contributed by atoms with Crippen molar-refractivity contribution in [2.45, 2.75) is 200 Å².